The van der Waals surface area contributed by atoms with Gasteiger partial charge in [-0.1, -0.05) is 26.7 Å². The first-order valence-electron chi connectivity index (χ1n) is 8.17. The van der Waals surface area contributed by atoms with E-state index < -0.39 is 31.5 Å². The standard InChI is InChI=1S/C14H29N4O6P/c1-5-7-10(16-12(19)9-15-3)13(20)17-11(8-6-2)14(21)18-24-25(4,22)23/h10-11,15H,5-9H2,1-4H3,(H,16,19)(H,17,20)(H,18,21)(H,22,23)/t10-,11-/m0/s1. The van der Waals surface area contributed by atoms with Crippen LogP contribution in [0.3, 0.4) is 0 Å². The van der Waals surface area contributed by atoms with E-state index in [-0.39, 0.29) is 12.5 Å². The van der Waals surface area contributed by atoms with E-state index in [2.05, 4.69) is 20.6 Å². The summed E-state index contributed by atoms with van der Waals surface area (Å²) in [4.78, 5) is 45.2. The van der Waals surface area contributed by atoms with Gasteiger partial charge in [0.1, 0.15) is 12.1 Å². The summed E-state index contributed by atoms with van der Waals surface area (Å²) in [6.07, 6.45) is 1.98. The number of rotatable bonds is 12. The number of hydrogen-bond donors (Lipinski definition) is 5. The Bertz CT molecular complexity index is 496. The van der Waals surface area contributed by atoms with Crippen LogP contribution >= 0.6 is 7.60 Å². The number of amides is 3. The van der Waals surface area contributed by atoms with E-state index in [1.807, 2.05) is 19.3 Å². The first-order valence-corrected chi connectivity index (χ1v) is 10.2. The van der Waals surface area contributed by atoms with Crippen molar-refractivity contribution in [3.05, 3.63) is 0 Å². The molecule has 25 heavy (non-hydrogen) atoms. The van der Waals surface area contributed by atoms with E-state index in [4.69, 9.17) is 4.89 Å². The van der Waals surface area contributed by atoms with Crippen molar-refractivity contribution in [1.82, 2.24) is 21.4 Å². The third-order valence-electron chi connectivity index (χ3n) is 3.09. The Morgan fingerprint density at radius 1 is 1.04 bits per heavy atom. The number of nitrogens with one attached hydrogen (secondary N) is 4. The van der Waals surface area contributed by atoms with Gasteiger partial charge in [-0.05, 0) is 19.9 Å². The minimum Gasteiger partial charge on any atom is -0.343 e. The second kappa shape index (κ2) is 12.0. The molecule has 0 aromatic rings. The highest BCUT2D eigenvalue weighted by atomic mass is 31.2. The van der Waals surface area contributed by atoms with Gasteiger partial charge < -0.3 is 20.8 Å². The predicted octanol–water partition coefficient (Wildman–Crippen LogP) is -0.361. The normalized spacial score (nSPS) is 15.6. The first kappa shape index (κ1) is 23.5. The van der Waals surface area contributed by atoms with Crippen molar-refractivity contribution >= 4 is 25.3 Å². The number of carbonyl (C=O) groups excluding carboxylic acids is 3. The molecule has 5 N–H and O–H groups in total. The fraction of sp³-hybridized carbons (Fsp3) is 0.786. The summed E-state index contributed by atoms with van der Waals surface area (Å²) in [5.41, 5.74) is 1.88. The van der Waals surface area contributed by atoms with Crippen molar-refractivity contribution < 1.29 is 28.5 Å². The molecule has 0 saturated heterocycles. The molecule has 0 saturated carbocycles. The Labute approximate surface area is 147 Å². The summed E-state index contributed by atoms with van der Waals surface area (Å²) >= 11 is 0. The third kappa shape index (κ3) is 10.9. The van der Waals surface area contributed by atoms with Crippen LogP contribution in [0.15, 0.2) is 0 Å². The Balaban J connectivity index is 4.88. The Morgan fingerprint density at radius 3 is 2.00 bits per heavy atom. The maximum Gasteiger partial charge on any atom is 0.346 e. The number of carbonyl (C=O) groups is 3. The van der Waals surface area contributed by atoms with Crippen molar-refractivity contribution in [2.45, 2.75) is 51.6 Å². The van der Waals surface area contributed by atoms with Crippen LogP contribution in [-0.2, 0) is 23.6 Å². The van der Waals surface area contributed by atoms with Gasteiger partial charge in [-0.15, -0.1) is 0 Å². The molecule has 0 aliphatic rings. The van der Waals surface area contributed by atoms with Crippen molar-refractivity contribution in [2.75, 3.05) is 20.3 Å². The molecule has 0 aliphatic carbocycles. The minimum absolute atomic E-state index is 0.0719. The van der Waals surface area contributed by atoms with Crippen LogP contribution in [0, 0.1) is 0 Å². The molecule has 0 heterocycles. The molecule has 0 aromatic carbocycles. The third-order valence-corrected chi connectivity index (χ3v) is 3.52. The van der Waals surface area contributed by atoms with Crippen LogP contribution in [0.1, 0.15) is 39.5 Å². The van der Waals surface area contributed by atoms with Gasteiger partial charge in [0.15, 0.2) is 0 Å². The van der Waals surface area contributed by atoms with Gasteiger partial charge in [0.05, 0.1) is 6.54 Å². The Hall–Kier alpha value is -1.48. The summed E-state index contributed by atoms with van der Waals surface area (Å²) in [5, 5.41) is 7.84. The molecule has 0 fully saturated rings. The van der Waals surface area contributed by atoms with E-state index in [0.29, 0.717) is 25.7 Å². The van der Waals surface area contributed by atoms with Gasteiger partial charge in [-0.2, -0.15) is 4.62 Å². The average Bonchev–Trinajstić information content (AvgIpc) is 2.51. The number of hydroxylamine groups is 1. The fourth-order valence-corrected chi connectivity index (χ4v) is 2.25. The second-order valence-electron chi connectivity index (χ2n) is 5.65. The minimum atomic E-state index is -3.88. The summed E-state index contributed by atoms with van der Waals surface area (Å²) in [7, 11) is -2.26. The van der Waals surface area contributed by atoms with Crippen molar-refractivity contribution in [1.29, 1.82) is 0 Å². The highest BCUT2D eigenvalue weighted by Crippen LogP contribution is 2.34. The van der Waals surface area contributed by atoms with Gasteiger partial charge in [0, 0.05) is 6.66 Å². The summed E-state index contributed by atoms with van der Waals surface area (Å²) in [6.45, 7) is 4.69. The predicted molar refractivity (Wildman–Crippen MR) is 92.6 cm³/mol. The van der Waals surface area contributed by atoms with Crippen LogP contribution in [0.2, 0.25) is 0 Å². The molecule has 146 valence electrons. The van der Waals surface area contributed by atoms with Gasteiger partial charge in [0.2, 0.25) is 11.8 Å². The molecule has 3 atom stereocenters. The molecular formula is C14H29N4O6P. The zero-order chi connectivity index (χ0) is 19.5. The van der Waals surface area contributed by atoms with E-state index in [0.717, 1.165) is 6.66 Å². The maximum absolute atomic E-state index is 12.4. The summed E-state index contributed by atoms with van der Waals surface area (Å²) in [5.74, 6) is -1.56. The molecule has 0 rings (SSSR count). The lowest BCUT2D eigenvalue weighted by atomic mass is 10.1. The first-order chi connectivity index (χ1) is 11.6. The van der Waals surface area contributed by atoms with E-state index in [1.54, 1.807) is 7.05 Å². The zero-order valence-electron chi connectivity index (χ0n) is 15.1. The second-order valence-corrected chi connectivity index (χ2v) is 7.44. The molecule has 0 bridgehead atoms. The monoisotopic (exact) mass is 380 g/mol. The molecule has 10 nitrogen and oxygen atoms in total. The lowest BCUT2D eigenvalue weighted by Crippen LogP contribution is -2.54. The molecule has 0 spiro atoms. The number of likely N-dealkylation sites (N-methyl/N-ethyl adjacent to an activating group) is 1. The van der Waals surface area contributed by atoms with E-state index in [1.165, 1.54) is 0 Å². The fourth-order valence-electron chi connectivity index (χ4n) is 1.99. The molecule has 11 heteroatoms. The van der Waals surface area contributed by atoms with Crippen LogP contribution in [0.4, 0.5) is 0 Å². The van der Waals surface area contributed by atoms with Crippen molar-refractivity contribution in [2.24, 2.45) is 0 Å². The lowest BCUT2D eigenvalue weighted by Gasteiger charge is -2.22. The molecule has 0 radical (unpaired) electrons. The lowest BCUT2D eigenvalue weighted by molar-refractivity contribution is -0.135. The quantitative estimate of drug-likeness (QED) is 0.229. The summed E-state index contributed by atoms with van der Waals surface area (Å²) in [6, 6.07) is -1.71. The molecule has 0 aliphatic heterocycles. The van der Waals surface area contributed by atoms with Gasteiger partial charge >= 0.3 is 7.60 Å². The highest BCUT2D eigenvalue weighted by molar-refractivity contribution is 7.51. The molecular weight excluding hydrogens is 351 g/mol. The molecule has 1 unspecified atom stereocenters. The highest BCUT2D eigenvalue weighted by Gasteiger charge is 2.26. The number of hydrogen-bond acceptors (Lipinski definition) is 6. The van der Waals surface area contributed by atoms with Gasteiger partial charge in [-0.3, -0.25) is 18.9 Å². The largest absolute Gasteiger partial charge is 0.346 e. The maximum atomic E-state index is 12.4. The van der Waals surface area contributed by atoms with E-state index >= 15 is 0 Å². The topological polar surface area (TPSA) is 146 Å². The molecule has 3 amide bonds. The SMILES string of the molecule is CCC[C@H](NC(=O)CNC)C(=O)N[C@@H](CCC)C(=O)NOP(C)(=O)O. The van der Waals surface area contributed by atoms with Crippen molar-refractivity contribution in [3.63, 3.8) is 0 Å². The van der Waals surface area contributed by atoms with Gasteiger partial charge in [-0.25, -0.2) is 5.48 Å². The smallest absolute Gasteiger partial charge is 0.343 e. The van der Waals surface area contributed by atoms with Gasteiger partial charge in [0.25, 0.3) is 5.91 Å². The molecule has 0 aromatic heterocycles. The Morgan fingerprint density at radius 2 is 1.56 bits per heavy atom. The summed E-state index contributed by atoms with van der Waals surface area (Å²) < 4.78 is 15.5. The van der Waals surface area contributed by atoms with Crippen LogP contribution in [-0.4, -0.2) is 55.0 Å². The average molecular weight is 380 g/mol. The van der Waals surface area contributed by atoms with E-state index in [9.17, 15) is 18.9 Å². The Kier molecular flexibility index (Phi) is 11.3. The van der Waals surface area contributed by atoms with Crippen LogP contribution in [0.25, 0.3) is 0 Å². The van der Waals surface area contributed by atoms with Crippen molar-refractivity contribution in [3.8, 4) is 0 Å². The zero-order valence-corrected chi connectivity index (χ0v) is 16.0. The van der Waals surface area contributed by atoms with Crippen LogP contribution < -0.4 is 21.4 Å². The van der Waals surface area contributed by atoms with Crippen LogP contribution in [0.5, 0.6) is 0 Å².